The summed E-state index contributed by atoms with van der Waals surface area (Å²) in [7, 11) is 0. The summed E-state index contributed by atoms with van der Waals surface area (Å²) in [5, 5.41) is 9.90. The summed E-state index contributed by atoms with van der Waals surface area (Å²) in [6, 6.07) is 51.4. The Morgan fingerprint density at radius 1 is 0.435 bits per heavy atom. The van der Waals surface area contributed by atoms with Gasteiger partial charge in [0.05, 0.1) is 5.56 Å². The van der Waals surface area contributed by atoms with E-state index in [-0.39, 0.29) is 0 Å². The standard InChI is InChI=1S/C42H25N2O2/c1-2-6-35(7-3-1)44-25-43-42(46-44)27-12-10-26(11-13-27)33-20-29-14-16-31-22-34(23-32-17-15-30(21-33)40(29)41(31)32)28-18-19-39-37(24-28)36-8-4-5-9-38(36)45-39/h1-25H/q+1. The van der Waals surface area contributed by atoms with E-state index in [9.17, 15) is 0 Å². The molecule has 0 amide bonds. The van der Waals surface area contributed by atoms with Crippen molar-refractivity contribution in [1.29, 1.82) is 0 Å². The van der Waals surface area contributed by atoms with E-state index in [0.29, 0.717) is 5.89 Å². The molecule has 0 aliphatic rings. The topological polar surface area (TPSA) is 43.0 Å². The molecule has 4 nitrogen and oxygen atoms in total. The molecule has 10 rings (SSSR count). The molecule has 0 radical (unpaired) electrons. The van der Waals surface area contributed by atoms with Crippen LogP contribution in [0.4, 0.5) is 0 Å². The first-order valence-corrected chi connectivity index (χ1v) is 15.4. The van der Waals surface area contributed by atoms with E-state index < -0.39 is 0 Å². The number of aromatic nitrogens is 2. The normalized spacial score (nSPS) is 11.9. The first-order chi connectivity index (χ1) is 22.7. The molecular formula is C42H25N2O2+. The lowest BCUT2D eigenvalue weighted by atomic mass is 9.89. The number of fused-ring (bicyclic) bond motifs is 3. The van der Waals surface area contributed by atoms with Crippen LogP contribution in [0.3, 0.4) is 0 Å². The second-order valence-electron chi connectivity index (χ2n) is 11.9. The molecule has 0 saturated carbocycles. The molecule has 4 heteroatoms. The van der Waals surface area contributed by atoms with Crippen LogP contribution in [0.1, 0.15) is 0 Å². The Morgan fingerprint density at radius 3 is 1.70 bits per heavy atom. The number of para-hydroxylation sites is 2. The lowest BCUT2D eigenvalue weighted by molar-refractivity contribution is -0.783. The minimum absolute atomic E-state index is 0.586. The second kappa shape index (κ2) is 9.62. The van der Waals surface area contributed by atoms with Gasteiger partial charge in [0, 0.05) is 10.8 Å². The Kier molecular flexibility index (Phi) is 5.25. The number of benzene rings is 8. The number of rotatable bonds is 4. The maximum Gasteiger partial charge on any atom is 0.384 e. The monoisotopic (exact) mass is 589 g/mol. The van der Waals surface area contributed by atoms with Crippen molar-refractivity contribution < 1.29 is 13.7 Å². The minimum Gasteiger partial charge on any atom is -0.456 e. The third-order valence-electron chi connectivity index (χ3n) is 9.18. The molecule has 0 N–H and O–H groups in total. The molecule has 0 aliphatic carbocycles. The quantitative estimate of drug-likeness (QED) is 0.151. The van der Waals surface area contributed by atoms with E-state index in [1.54, 1.807) is 11.1 Å². The van der Waals surface area contributed by atoms with Gasteiger partial charge in [0.2, 0.25) is 0 Å². The van der Waals surface area contributed by atoms with Gasteiger partial charge < -0.3 is 4.42 Å². The summed E-state index contributed by atoms with van der Waals surface area (Å²) in [6.07, 6.45) is 1.71. The summed E-state index contributed by atoms with van der Waals surface area (Å²) in [4.78, 5) is 4.50. The number of hydrogen-bond acceptors (Lipinski definition) is 3. The minimum atomic E-state index is 0.586. The Labute approximate surface area is 263 Å². The molecular weight excluding hydrogens is 564 g/mol. The molecule has 10 aromatic rings. The molecule has 0 atom stereocenters. The van der Waals surface area contributed by atoms with Crippen molar-refractivity contribution in [3.8, 4) is 39.4 Å². The molecule has 2 heterocycles. The fourth-order valence-electron chi connectivity index (χ4n) is 6.95. The maximum atomic E-state index is 6.08. The largest absolute Gasteiger partial charge is 0.456 e. The Hall–Kier alpha value is -6.26. The van der Waals surface area contributed by atoms with Gasteiger partial charge in [-0.3, -0.25) is 0 Å². The first kappa shape index (κ1) is 25.1. The van der Waals surface area contributed by atoms with Gasteiger partial charge in [-0.15, -0.1) is 0 Å². The van der Waals surface area contributed by atoms with Crippen LogP contribution in [0.15, 0.2) is 161 Å². The Morgan fingerprint density at radius 2 is 1.00 bits per heavy atom. The number of hydrogen-bond donors (Lipinski definition) is 0. The molecule has 0 saturated heterocycles. The van der Waals surface area contributed by atoms with E-state index >= 15 is 0 Å². The van der Waals surface area contributed by atoms with Crippen LogP contribution in [-0.4, -0.2) is 4.98 Å². The van der Waals surface area contributed by atoms with E-state index in [0.717, 1.165) is 38.8 Å². The third-order valence-corrected chi connectivity index (χ3v) is 9.18. The van der Waals surface area contributed by atoms with Crippen LogP contribution >= 0.6 is 0 Å². The Bertz CT molecular complexity index is 2670. The van der Waals surface area contributed by atoms with E-state index in [2.05, 4.69) is 108 Å². The zero-order valence-electron chi connectivity index (χ0n) is 24.6. The van der Waals surface area contributed by atoms with Gasteiger partial charge in [-0.25, -0.2) is 4.52 Å². The van der Waals surface area contributed by atoms with Gasteiger partial charge in [0.1, 0.15) is 11.2 Å². The fourth-order valence-corrected chi connectivity index (χ4v) is 6.95. The van der Waals surface area contributed by atoms with E-state index in [1.807, 2.05) is 42.5 Å². The highest BCUT2D eigenvalue weighted by Crippen LogP contribution is 2.40. The highest BCUT2D eigenvalue weighted by molar-refractivity contribution is 6.24. The summed E-state index contributed by atoms with van der Waals surface area (Å²) < 4.78 is 13.8. The van der Waals surface area contributed by atoms with Crippen molar-refractivity contribution in [3.63, 3.8) is 0 Å². The average Bonchev–Trinajstić information content (AvgIpc) is 3.76. The maximum absolute atomic E-state index is 6.08. The highest BCUT2D eigenvalue weighted by atomic mass is 16.5. The zero-order chi connectivity index (χ0) is 30.2. The molecule has 0 spiro atoms. The van der Waals surface area contributed by atoms with Crippen LogP contribution in [0.5, 0.6) is 0 Å². The summed E-state index contributed by atoms with van der Waals surface area (Å²) in [6.45, 7) is 0. The second-order valence-corrected chi connectivity index (χ2v) is 11.9. The van der Waals surface area contributed by atoms with Crippen LogP contribution in [-0.2, 0) is 0 Å². The fraction of sp³-hybridized carbons (Fsp3) is 0. The zero-order valence-corrected chi connectivity index (χ0v) is 24.6. The lowest BCUT2D eigenvalue weighted by Gasteiger charge is -2.14. The van der Waals surface area contributed by atoms with Gasteiger partial charge in [-0.2, -0.15) is 0 Å². The van der Waals surface area contributed by atoms with Crippen LogP contribution in [0.2, 0.25) is 0 Å². The summed E-state index contributed by atoms with van der Waals surface area (Å²) >= 11 is 0. The highest BCUT2D eigenvalue weighted by Gasteiger charge is 2.17. The molecule has 0 unspecified atom stereocenters. The molecule has 2 aromatic heterocycles. The Balaban J connectivity index is 1.02. The van der Waals surface area contributed by atoms with Crippen molar-refractivity contribution in [2.45, 2.75) is 0 Å². The van der Waals surface area contributed by atoms with Crippen molar-refractivity contribution in [3.05, 3.63) is 152 Å². The predicted octanol–water partition coefficient (Wildman–Crippen LogP) is 10.7. The number of nitrogens with zero attached hydrogens (tertiary/aromatic N) is 2. The molecule has 0 aliphatic heterocycles. The van der Waals surface area contributed by atoms with Gasteiger partial charge in [0.15, 0.2) is 5.69 Å². The van der Waals surface area contributed by atoms with Crippen molar-refractivity contribution >= 4 is 54.3 Å². The van der Waals surface area contributed by atoms with Gasteiger partial charge in [-0.05, 0) is 131 Å². The van der Waals surface area contributed by atoms with Crippen molar-refractivity contribution in [1.82, 2.24) is 4.98 Å². The molecule has 8 aromatic carbocycles. The third kappa shape index (κ3) is 3.87. The van der Waals surface area contributed by atoms with Crippen LogP contribution in [0, 0.1) is 0 Å². The molecule has 214 valence electrons. The lowest BCUT2D eigenvalue weighted by Crippen LogP contribution is -2.26. The van der Waals surface area contributed by atoms with Gasteiger partial charge in [-0.1, -0.05) is 78.9 Å². The number of furan rings is 1. The van der Waals surface area contributed by atoms with E-state index in [4.69, 9.17) is 8.94 Å². The molecule has 0 fully saturated rings. The molecule has 46 heavy (non-hydrogen) atoms. The van der Waals surface area contributed by atoms with Gasteiger partial charge >= 0.3 is 12.2 Å². The SMILES string of the molecule is c1ccc(-[n+]2cnc(-c3ccc(-c4cc5ccc6cc(-c7ccc8oc9ccccc9c8c7)cc7ccc(c4)c5c67)cc3)o2)cc1. The summed E-state index contributed by atoms with van der Waals surface area (Å²) in [5.74, 6) is 0.586. The molecule has 0 bridgehead atoms. The van der Waals surface area contributed by atoms with E-state index in [1.165, 1.54) is 49.0 Å². The van der Waals surface area contributed by atoms with Crippen LogP contribution < -0.4 is 4.74 Å². The van der Waals surface area contributed by atoms with Crippen molar-refractivity contribution in [2.75, 3.05) is 0 Å². The smallest absolute Gasteiger partial charge is 0.384 e. The summed E-state index contributed by atoms with van der Waals surface area (Å²) in [5.41, 5.74) is 8.45. The first-order valence-electron chi connectivity index (χ1n) is 15.4. The average molecular weight is 590 g/mol. The predicted molar refractivity (Wildman–Crippen MR) is 185 cm³/mol. The van der Waals surface area contributed by atoms with Crippen molar-refractivity contribution in [2.24, 2.45) is 0 Å². The van der Waals surface area contributed by atoms with Crippen LogP contribution in [0.25, 0.3) is 93.7 Å². The van der Waals surface area contributed by atoms with Gasteiger partial charge in [0.25, 0.3) is 0 Å².